The Hall–Kier alpha value is -1.40. The van der Waals surface area contributed by atoms with Crippen molar-refractivity contribution in [2.75, 3.05) is 23.8 Å². The van der Waals surface area contributed by atoms with Gasteiger partial charge in [0.1, 0.15) is 0 Å². The van der Waals surface area contributed by atoms with E-state index in [1.807, 2.05) is 11.9 Å². The van der Waals surface area contributed by atoms with Gasteiger partial charge in [0.25, 0.3) is 11.7 Å². The number of rotatable bonds is 3. The molecule has 1 aliphatic carbocycles. The summed E-state index contributed by atoms with van der Waals surface area (Å²) in [6, 6.07) is 3.45. The van der Waals surface area contributed by atoms with Gasteiger partial charge in [0, 0.05) is 18.1 Å². The van der Waals surface area contributed by atoms with E-state index in [9.17, 15) is 14.7 Å². The Morgan fingerprint density at radius 1 is 1.33 bits per heavy atom. The van der Waals surface area contributed by atoms with Crippen LogP contribution in [0.2, 0.25) is 0 Å². The van der Waals surface area contributed by atoms with Crippen LogP contribution in [0.15, 0.2) is 16.6 Å². The van der Waals surface area contributed by atoms with Gasteiger partial charge in [-0.15, -0.1) is 0 Å². The van der Waals surface area contributed by atoms with Gasteiger partial charge in [0.2, 0.25) is 0 Å². The van der Waals surface area contributed by atoms with Gasteiger partial charge in [-0.3, -0.25) is 9.59 Å². The maximum Gasteiger partial charge on any atom is 0.296 e. The third-order valence-electron chi connectivity index (χ3n) is 4.26. The van der Waals surface area contributed by atoms with Gasteiger partial charge in [-0.2, -0.15) is 0 Å². The fourth-order valence-corrected chi connectivity index (χ4v) is 3.81. The normalized spacial score (nSPS) is 19.6. The summed E-state index contributed by atoms with van der Waals surface area (Å²) >= 11 is 3.45. The first kappa shape index (κ1) is 14.5. The van der Waals surface area contributed by atoms with Gasteiger partial charge in [-0.1, -0.05) is 12.8 Å². The van der Waals surface area contributed by atoms with Crippen molar-refractivity contribution < 1.29 is 14.7 Å². The molecule has 3 rings (SSSR count). The first-order chi connectivity index (χ1) is 9.89. The number of nitrogens with zero attached hydrogens (tertiary/aromatic N) is 1. The minimum absolute atomic E-state index is 0.392. The first-order valence-electron chi connectivity index (χ1n) is 7.02. The molecule has 0 aromatic heterocycles. The van der Waals surface area contributed by atoms with Gasteiger partial charge in [-0.25, -0.2) is 0 Å². The molecule has 0 spiro atoms. The summed E-state index contributed by atoms with van der Waals surface area (Å²) in [6.45, 7) is 0.534. The van der Waals surface area contributed by atoms with Crippen LogP contribution in [-0.4, -0.2) is 36.0 Å². The molecule has 0 unspecified atom stereocenters. The number of aliphatic hydroxyl groups is 1. The highest BCUT2D eigenvalue weighted by molar-refractivity contribution is 9.10. The summed E-state index contributed by atoms with van der Waals surface area (Å²) in [6.07, 6.45) is 3.74. The number of nitrogens with one attached hydrogen (secondary N) is 1. The van der Waals surface area contributed by atoms with Crippen molar-refractivity contribution >= 4 is 39.0 Å². The summed E-state index contributed by atoms with van der Waals surface area (Å²) in [7, 11) is 1.90. The third kappa shape index (κ3) is 2.58. The molecule has 1 fully saturated rings. The van der Waals surface area contributed by atoms with E-state index in [0.29, 0.717) is 17.8 Å². The lowest BCUT2D eigenvalue weighted by molar-refractivity contribution is -0.112. The average Bonchev–Trinajstić information content (AvgIpc) is 2.95. The Bertz CT molecular complexity index is 624. The number of benzene rings is 1. The number of hydrogen-bond donors (Lipinski definition) is 2. The van der Waals surface area contributed by atoms with E-state index >= 15 is 0 Å². The van der Waals surface area contributed by atoms with Crippen molar-refractivity contribution in [3.63, 3.8) is 0 Å². The highest BCUT2D eigenvalue weighted by atomic mass is 79.9. The fraction of sp³-hybridized carbons (Fsp3) is 0.467. The smallest absolute Gasteiger partial charge is 0.296 e. The Labute approximate surface area is 131 Å². The van der Waals surface area contributed by atoms with E-state index < -0.39 is 17.3 Å². The molecule has 1 aliphatic heterocycles. The molecule has 0 radical (unpaired) electrons. The van der Waals surface area contributed by atoms with Crippen molar-refractivity contribution in [2.45, 2.75) is 31.3 Å². The van der Waals surface area contributed by atoms with E-state index in [-0.39, 0.29) is 0 Å². The van der Waals surface area contributed by atoms with E-state index in [1.54, 1.807) is 12.1 Å². The lowest BCUT2D eigenvalue weighted by atomic mass is 10.0. The van der Waals surface area contributed by atoms with Gasteiger partial charge in [0.15, 0.2) is 0 Å². The lowest BCUT2D eigenvalue weighted by Gasteiger charge is -2.30. The summed E-state index contributed by atoms with van der Waals surface area (Å²) < 4.78 is 0.746. The van der Waals surface area contributed by atoms with Crippen molar-refractivity contribution in [1.29, 1.82) is 0 Å². The molecular formula is C15H17BrN2O3. The number of hydrogen-bond acceptors (Lipinski definition) is 4. The van der Waals surface area contributed by atoms with Crippen LogP contribution >= 0.6 is 15.9 Å². The van der Waals surface area contributed by atoms with Gasteiger partial charge < -0.3 is 15.3 Å². The number of carbonyl (C=O) groups is 2. The second-order valence-electron chi connectivity index (χ2n) is 5.92. The number of halogens is 1. The molecule has 2 aliphatic rings. The van der Waals surface area contributed by atoms with Crippen molar-refractivity contribution in [3.05, 3.63) is 22.2 Å². The zero-order chi connectivity index (χ0) is 15.2. The fourth-order valence-electron chi connectivity index (χ4n) is 3.16. The van der Waals surface area contributed by atoms with Gasteiger partial charge in [-0.05, 0) is 40.9 Å². The molecule has 5 nitrogen and oxygen atoms in total. The molecule has 0 saturated heterocycles. The number of Topliss-reactive ketones (excluding diaryl/α,β-unsaturated/α-hetero) is 1. The average molecular weight is 353 g/mol. The number of fused-ring (bicyclic) bond motifs is 1. The SMILES string of the molecule is CN(CC1(O)CCCC1)c1cc2c(cc1Br)C(=O)C(=O)N2. The molecule has 6 heteroatoms. The molecule has 2 N–H and O–H groups in total. The molecule has 0 bridgehead atoms. The van der Waals surface area contributed by atoms with Crippen LogP contribution in [0.1, 0.15) is 36.0 Å². The number of anilines is 2. The number of ketones is 1. The van der Waals surface area contributed by atoms with E-state index in [1.165, 1.54) is 0 Å². The minimum atomic E-state index is -0.647. The van der Waals surface area contributed by atoms with Crippen molar-refractivity contribution in [3.8, 4) is 0 Å². The Morgan fingerprint density at radius 2 is 2.00 bits per heavy atom. The molecule has 0 atom stereocenters. The third-order valence-corrected chi connectivity index (χ3v) is 4.90. The summed E-state index contributed by atoms with van der Waals surface area (Å²) in [5.74, 6) is -1.10. The predicted octanol–water partition coefficient (Wildman–Crippen LogP) is 2.33. The molecule has 1 saturated carbocycles. The zero-order valence-corrected chi connectivity index (χ0v) is 13.4. The van der Waals surface area contributed by atoms with Crippen LogP contribution in [0.4, 0.5) is 11.4 Å². The summed E-state index contributed by atoms with van der Waals surface area (Å²) in [4.78, 5) is 25.1. The maximum absolute atomic E-state index is 11.7. The molecule has 112 valence electrons. The van der Waals surface area contributed by atoms with E-state index in [0.717, 1.165) is 35.8 Å². The molecule has 21 heavy (non-hydrogen) atoms. The number of likely N-dealkylation sites (N-methyl/N-ethyl adjacent to an activating group) is 1. The van der Waals surface area contributed by atoms with Gasteiger partial charge in [0.05, 0.1) is 22.5 Å². The second kappa shape index (κ2) is 5.10. The quantitative estimate of drug-likeness (QED) is 0.819. The maximum atomic E-state index is 11.7. The zero-order valence-electron chi connectivity index (χ0n) is 11.8. The van der Waals surface area contributed by atoms with Gasteiger partial charge >= 0.3 is 0 Å². The van der Waals surface area contributed by atoms with Crippen LogP contribution in [-0.2, 0) is 4.79 Å². The van der Waals surface area contributed by atoms with Crippen LogP contribution in [0, 0.1) is 0 Å². The Kier molecular flexibility index (Phi) is 3.53. The number of carbonyl (C=O) groups excluding carboxylic acids is 2. The highest BCUT2D eigenvalue weighted by Crippen LogP contribution is 2.37. The topological polar surface area (TPSA) is 69.6 Å². The molecule has 1 aromatic rings. The van der Waals surface area contributed by atoms with Crippen molar-refractivity contribution in [2.24, 2.45) is 0 Å². The number of amides is 1. The lowest BCUT2D eigenvalue weighted by Crippen LogP contribution is -2.39. The molecular weight excluding hydrogens is 336 g/mol. The Morgan fingerprint density at radius 3 is 2.67 bits per heavy atom. The largest absolute Gasteiger partial charge is 0.388 e. The molecule has 1 amide bonds. The standard InChI is InChI=1S/C15H17BrN2O3/c1-18(8-15(21)4-2-3-5-15)12-7-11-9(6-10(12)16)13(19)14(20)17-11/h6-7,21H,2-5,8H2,1H3,(H,17,19,20). The highest BCUT2D eigenvalue weighted by Gasteiger charge is 2.34. The van der Waals surface area contributed by atoms with Crippen molar-refractivity contribution in [1.82, 2.24) is 0 Å². The second-order valence-corrected chi connectivity index (χ2v) is 6.77. The summed E-state index contributed by atoms with van der Waals surface area (Å²) in [5.41, 5.74) is 1.13. The van der Waals surface area contributed by atoms with E-state index in [4.69, 9.17) is 0 Å². The van der Waals surface area contributed by atoms with Crippen LogP contribution in [0.5, 0.6) is 0 Å². The summed E-state index contributed by atoms with van der Waals surface area (Å²) in [5, 5.41) is 13.1. The van der Waals surface area contributed by atoms with E-state index in [2.05, 4.69) is 21.2 Å². The predicted molar refractivity (Wildman–Crippen MR) is 83.8 cm³/mol. The van der Waals surface area contributed by atoms with Crippen LogP contribution in [0.3, 0.4) is 0 Å². The Balaban J connectivity index is 1.88. The monoisotopic (exact) mass is 352 g/mol. The van der Waals surface area contributed by atoms with Crippen LogP contribution < -0.4 is 10.2 Å². The van der Waals surface area contributed by atoms with Crippen LogP contribution in [0.25, 0.3) is 0 Å². The first-order valence-corrected chi connectivity index (χ1v) is 7.82. The minimum Gasteiger partial charge on any atom is -0.388 e. The molecule has 1 heterocycles. The molecule has 1 aromatic carbocycles.